The van der Waals surface area contributed by atoms with Crippen LogP contribution in [0.1, 0.15) is 30.6 Å². The summed E-state index contributed by atoms with van der Waals surface area (Å²) in [5.41, 5.74) is 0.605. The highest BCUT2D eigenvalue weighted by Crippen LogP contribution is 2.35. The van der Waals surface area contributed by atoms with E-state index in [4.69, 9.17) is 0 Å². The van der Waals surface area contributed by atoms with Crippen LogP contribution in [-0.4, -0.2) is 16.9 Å². The van der Waals surface area contributed by atoms with Gasteiger partial charge in [0.25, 0.3) is 11.6 Å². The van der Waals surface area contributed by atoms with Crippen LogP contribution >= 0.6 is 11.3 Å². The number of rotatable bonds is 5. The summed E-state index contributed by atoms with van der Waals surface area (Å²) in [4.78, 5) is 24.5. The Bertz CT molecular complexity index is 905. The van der Waals surface area contributed by atoms with Gasteiger partial charge in [0.05, 0.1) is 10.5 Å². The van der Waals surface area contributed by atoms with Gasteiger partial charge in [0.15, 0.2) is 0 Å². The molecule has 1 amide bonds. The van der Waals surface area contributed by atoms with Crippen LogP contribution < -0.4 is 5.32 Å². The summed E-state index contributed by atoms with van der Waals surface area (Å²) >= 11 is 1.31. The Labute approximate surface area is 154 Å². The van der Waals surface area contributed by atoms with E-state index < -0.39 is 4.92 Å². The maximum Gasteiger partial charge on any atom is 0.278 e. The number of nitriles is 1. The Balaban J connectivity index is 1.82. The molecule has 3 rings (SSSR count). The minimum absolute atomic E-state index is 0.0318. The van der Waals surface area contributed by atoms with Crippen LogP contribution in [0.2, 0.25) is 0 Å². The molecule has 1 aromatic heterocycles. The lowest BCUT2D eigenvalue weighted by Crippen LogP contribution is -2.33. The lowest BCUT2D eigenvalue weighted by molar-refractivity contribution is -0.384. The Morgan fingerprint density at radius 1 is 1.27 bits per heavy atom. The largest absolute Gasteiger partial charge is 0.349 e. The maximum atomic E-state index is 12.3. The molecule has 1 fully saturated rings. The van der Waals surface area contributed by atoms with Gasteiger partial charge in [-0.15, -0.1) is 11.3 Å². The summed E-state index contributed by atoms with van der Waals surface area (Å²) in [6, 6.07) is 12.1. The van der Waals surface area contributed by atoms with Crippen molar-refractivity contribution >= 4 is 29.0 Å². The molecule has 0 spiro atoms. The Hall–Kier alpha value is -2.98. The van der Waals surface area contributed by atoms with Gasteiger partial charge in [0.2, 0.25) is 0 Å². The highest BCUT2D eigenvalue weighted by atomic mass is 32.1. The molecule has 2 aromatic rings. The molecule has 1 aliphatic rings. The molecular formula is C19H17N3O3S. The number of carbonyl (C=O) groups is 1. The molecule has 1 aromatic carbocycles. The van der Waals surface area contributed by atoms with Gasteiger partial charge >= 0.3 is 0 Å². The molecule has 0 unspecified atom stereocenters. The first-order chi connectivity index (χ1) is 12.6. The van der Waals surface area contributed by atoms with Crippen molar-refractivity contribution < 1.29 is 9.72 Å². The average Bonchev–Trinajstić information content (AvgIpc) is 3.31. The second kappa shape index (κ2) is 7.93. The molecule has 7 heteroatoms. The van der Waals surface area contributed by atoms with Gasteiger partial charge in [0, 0.05) is 21.9 Å². The van der Waals surface area contributed by atoms with Crippen molar-refractivity contribution in [3.05, 3.63) is 57.0 Å². The van der Waals surface area contributed by atoms with Crippen molar-refractivity contribution in [3.63, 3.8) is 0 Å². The van der Waals surface area contributed by atoms with Gasteiger partial charge < -0.3 is 5.32 Å². The normalized spacial score (nSPS) is 14.8. The van der Waals surface area contributed by atoms with Crippen LogP contribution in [0.5, 0.6) is 0 Å². The number of benzene rings is 1. The third kappa shape index (κ3) is 3.98. The highest BCUT2D eigenvalue weighted by molar-refractivity contribution is 7.16. The highest BCUT2D eigenvalue weighted by Gasteiger charge is 2.20. The Morgan fingerprint density at radius 3 is 2.69 bits per heavy atom. The lowest BCUT2D eigenvalue weighted by Gasteiger charge is -2.10. The molecule has 1 heterocycles. The number of amides is 1. The zero-order valence-electron chi connectivity index (χ0n) is 14.0. The van der Waals surface area contributed by atoms with E-state index in [1.165, 1.54) is 23.5 Å². The number of nitro groups is 1. The van der Waals surface area contributed by atoms with Gasteiger partial charge in [-0.25, -0.2) is 0 Å². The first kappa shape index (κ1) is 17.8. The summed E-state index contributed by atoms with van der Waals surface area (Å²) in [6.07, 6.45) is 5.63. The number of nitrogens with one attached hydrogen (secondary N) is 1. The van der Waals surface area contributed by atoms with Crippen LogP contribution in [0.3, 0.4) is 0 Å². The Kier molecular flexibility index (Phi) is 5.44. The van der Waals surface area contributed by atoms with E-state index in [1.807, 2.05) is 6.07 Å². The van der Waals surface area contributed by atoms with Gasteiger partial charge in [0.1, 0.15) is 11.6 Å². The molecule has 132 valence electrons. The molecule has 0 atom stereocenters. The van der Waals surface area contributed by atoms with Gasteiger partial charge in [-0.1, -0.05) is 25.0 Å². The van der Waals surface area contributed by atoms with E-state index in [0.717, 1.165) is 30.6 Å². The van der Waals surface area contributed by atoms with E-state index >= 15 is 0 Å². The van der Waals surface area contributed by atoms with Crippen molar-refractivity contribution in [1.29, 1.82) is 5.26 Å². The summed E-state index contributed by atoms with van der Waals surface area (Å²) in [6.45, 7) is 0. The van der Waals surface area contributed by atoms with Crippen LogP contribution in [0.4, 0.5) is 5.69 Å². The molecule has 0 bridgehead atoms. The molecule has 0 aliphatic heterocycles. The van der Waals surface area contributed by atoms with Crippen LogP contribution in [0.15, 0.2) is 42.0 Å². The Morgan fingerprint density at radius 2 is 2.00 bits per heavy atom. The second-order valence-electron chi connectivity index (χ2n) is 6.10. The standard InChI is InChI=1S/C19H17N3O3S/c20-12-13(19(23)21-14-5-1-2-6-14)11-15-9-10-18(26-15)16-7-3-4-8-17(16)22(24)25/h3-4,7-11,14H,1-2,5-6H2,(H,21,23)/b13-11+. The quantitative estimate of drug-likeness (QED) is 0.369. The van der Waals surface area contributed by atoms with E-state index in [0.29, 0.717) is 10.4 Å². The maximum absolute atomic E-state index is 12.3. The molecule has 0 radical (unpaired) electrons. The van der Waals surface area contributed by atoms with Crippen molar-refractivity contribution in [2.45, 2.75) is 31.7 Å². The minimum Gasteiger partial charge on any atom is -0.349 e. The fraction of sp³-hybridized carbons (Fsp3) is 0.263. The number of para-hydroxylation sites is 1. The molecule has 1 aliphatic carbocycles. The molecule has 6 nitrogen and oxygen atoms in total. The van der Waals surface area contributed by atoms with Crippen molar-refractivity contribution in [2.24, 2.45) is 0 Å². The molecule has 1 saturated carbocycles. The summed E-state index contributed by atoms with van der Waals surface area (Å²) in [5.74, 6) is -0.361. The molecular weight excluding hydrogens is 350 g/mol. The third-order valence-electron chi connectivity index (χ3n) is 4.34. The zero-order chi connectivity index (χ0) is 18.5. The van der Waals surface area contributed by atoms with E-state index in [2.05, 4.69) is 5.32 Å². The van der Waals surface area contributed by atoms with Crippen LogP contribution in [0, 0.1) is 21.4 Å². The first-order valence-electron chi connectivity index (χ1n) is 8.35. The number of nitrogens with zero attached hydrogens (tertiary/aromatic N) is 2. The SMILES string of the molecule is N#C/C(=C\c1ccc(-c2ccccc2[N+](=O)[O-])s1)C(=O)NC1CCCC1. The van der Waals surface area contributed by atoms with Crippen LogP contribution in [-0.2, 0) is 4.79 Å². The predicted octanol–water partition coefficient (Wildman–Crippen LogP) is 4.29. The van der Waals surface area contributed by atoms with Crippen molar-refractivity contribution in [3.8, 4) is 16.5 Å². The average molecular weight is 367 g/mol. The molecule has 0 saturated heterocycles. The predicted molar refractivity (Wildman–Crippen MR) is 100 cm³/mol. The number of hydrogen-bond donors (Lipinski definition) is 1. The molecule has 26 heavy (non-hydrogen) atoms. The van der Waals surface area contributed by atoms with Gasteiger partial charge in [-0.2, -0.15) is 5.26 Å². The van der Waals surface area contributed by atoms with E-state index in [1.54, 1.807) is 30.3 Å². The fourth-order valence-electron chi connectivity index (χ4n) is 3.04. The second-order valence-corrected chi connectivity index (χ2v) is 7.22. The van der Waals surface area contributed by atoms with Gasteiger partial charge in [-0.3, -0.25) is 14.9 Å². The lowest BCUT2D eigenvalue weighted by atomic mass is 10.1. The van der Waals surface area contributed by atoms with E-state index in [-0.39, 0.29) is 23.2 Å². The monoisotopic (exact) mass is 367 g/mol. The van der Waals surface area contributed by atoms with Gasteiger partial charge in [-0.05, 0) is 37.1 Å². The zero-order valence-corrected chi connectivity index (χ0v) is 14.8. The molecule has 1 N–H and O–H groups in total. The summed E-state index contributed by atoms with van der Waals surface area (Å²) in [5, 5.41) is 23.4. The first-order valence-corrected chi connectivity index (χ1v) is 9.16. The van der Waals surface area contributed by atoms with Crippen LogP contribution in [0.25, 0.3) is 16.5 Å². The number of nitro benzene ring substituents is 1. The van der Waals surface area contributed by atoms with E-state index in [9.17, 15) is 20.2 Å². The third-order valence-corrected chi connectivity index (χ3v) is 5.40. The summed E-state index contributed by atoms with van der Waals surface area (Å²) in [7, 11) is 0. The fourth-order valence-corrected chi connectivity index (χ4v) is 4.03. The number of hydrogen-bond acceptors (Lipinski definition) is 5. The van der Waals surface area contributed by atoms with Crippen molar-refractivity contribution in [2.75, 3.05) is 0 Å². The minimum atomic E-state index is -0.416. The van der Waals surface area contributed by atoms with Crippen molar-refractivity contribution in [1.82, 2.24) is 5.32 Å². The smallest absolute Gasteiger partial charge is 0.278 e. The summed E-state index contributed by atoms with van der Waals surface area (Å²) < 4.78 is 0. The topological polar surface area (TPSA) is 96.0 Å². The number of carbonyl (C=O) groups excluding carboxylic acids is 1. The number of thiophene rings is 1.